The molecule has 0 aromatic heterocycles. The molecule has 0 saturated carbocycles. The van der Waals surface area contributed by atoms with Gasteiger partial charge in [-0.25, -0.2) is 4.79 Å². The number of rotatable bonds is 1. The highest BCUT2D eigenvalue weighted by Gasteiger charge is 2.37. The minimum absolute atomic E-state index is 0.101. The van der Waals surface area contributed by atoms with E-state index in [2.05, 4.69) is 22.4 Å². The van der Waals surface area contributed by atoms with Crippen molar-refractivity contribution in [1.29, 1.82) is 0 Å². The van der Waals surface area contributed by atoms with Gasteiger partial charge in [0.15, 0.2) is 0 Å². The summed E-state index contributed by atoms with van der Waals surface area (Å²) in [6, 6.07) is 11.8. The molecule has 0 bridgehead atoms. The summed E-state index contributed by atoms with van der Waals surface area (Å²) in [5.41, 5.74) is 5.96. The van der Waals surface area contributed by atoms with E-state index in [1.165, 1.54) is 5.56 Å². The van der Waals surface area contributed by atoms with E-state index >= 15 is 0 Å². The van der Waals surface area contributed by atoms with Crippen molar-refractivity contribution in [3.05, 3.63) is 64.2 Å². The van der Waals surface area contributed by atoms with Crippen LogP contribution in [-0.2, 0) is 6.42 Å². The molecule has 1 heterocycles. The number of fused-ring (bicyclic) bond motifs is 3. The van der Waals surface area contributed by atoms with Gasteiger partial charge < -0.3 is 10.4 Å². The minimum atomic E-state index is -0.286. The van der Waals surface area contributed by atoms with Crippen LogP contribution in [-0.4, -0.2) is 16.8 Å². The molecule has 4 rings (SSSR count). The van der Waals surface area contributed by atoms with E-state index in [1.54, 1.807) is 0 Å². The lowest BCUT2D eigenvalue weighted by Crippen LogP contribution is -2.43. The average Bonchev–Trinajstić information content (AvgIpc) is 2.58. The van der Waals surface area contributed by atoms with Crippen LogP contribution < -0.4 is 5.32 Å². The second kappa shape index (κ2) is 5.48. The molecule has 2 amide bonds. The Balaban J connectivity index is 1.81. The molecule has 0 fully saturated rings. The molecule has 0 saturated heterocycles. The molecule has 4 heteroatoms. The Morgan fingerprint density at radius 3 is 2.62 bits per heavy atom. The predicted molar refractivity (Wildman–Crippen MR) is 93.6 cm³/mol. The van der Waals surface area contributed by atoms with Crippen LogP contribution in [0.3, 0.4) is 0 Å². The Morgan fingerprint density at radius 2 is 1.88 bits per heavy atom. The summed E-state index contributed by atoms with van der Waals surface area (Å²) < 4.78 is 0. The van der Waals surface area contributed by atoms with Crippen molar-refractivity contribution in [2.75, 3.05) is 0 Å². The van der Waals surface area contributed by atoms with Crippen molar-refractivity contribution >= 4 is 11.7 Å². The van der Waals surface area contributed by atoms with Crippen molar-refractivity contribution < 1.29 is 9.90 Å². The summed E-state index contributed by atoms with van der Waals surface area (Å²) in [5, 5.41) is 13.1. The number of aliphatic imine (C=N–C) groups is 1. The summed E-state index contributed by atoms with van der Waals surface area (Å²) in [5.74, 6) is 0.490. The molecule has 2 aromatic rings. The molecule has 1 aliphatic heterocycles. The summed E-state index contributed by atoms with van der Waals surface area (Å²) in [6.45, 7) is 3.78. The number of aryl methyl sites for hydroxylation is 3. The molecule has 4 nitrogen and oxygen atoms in total. The van der Waals surface area contributed by atoms with Crippen molar-refractivity contribution in [2.24, 2.45) is 10.9 Å². The van der Waals surface area contributed by atoms with Gasteiger partial charge >= 0.3 is 6.03 Å². The van der Waals surface area contributed by atoms with Gasteiger partial charge in [0.1, 0.15) is 5.75 Å². The molecule has 122 valence electrons. The Bertz CT molecular complexity index is 847. The maximum atomic E-state index is 12.2. The molecule has 24 heavy (non-hydrogen) atoms. The van der Waals surface area contributed by atoms with Crippen LogP contribution in [0, 0.1) is 19.8 Å². The fourth-order valence-corrected chi connectivity index (χ4v) is 3.96. The highest BCUT2D eigenvalue weighted by Crippen LogP contribution is 2.38. The number of hydrogen-bond donors (Lipinski definition) is 2. The fourth-order valence-electron chi connectivity index (χ4n) is 3.96. The molecule has 0 spiro atoms. The van der Waals surface area contributed by atoms with Gasteiger partial charge in [-0.05, 0) is 54.5 Å². The number of nitrogens with zero attached hydrogens (tertiary/aromatic N) is 1. The summed E-state index contributed by atoms with van der Waals surface area (Å²) in [6.07, 6.45) is 1.95. The third-order valence-electron chi connectivity index (χ3n) is 5.15. The van der Waals surface area contributed by atoms with Crippen molar-refractivity contribution in [3.8, 4) is 5.75 Å². The van der Waals surface area contributed by atoms with Crippen LogP contribution in [0.1, 0.15) is 40.3 Å². The minimum Gasteiger partial charge on any atom is -0.507 e. The molecule has 2 unspecified atom stereocenters. The number of carbonyl (C=O) groups is 1. The second-order valence-electron chi connectivity index (χ2n) is 6.73. The maximum absolute atomic E-state index is 12.2. The monoisotopic (exact) mass is 320 g/mol. The maximum Gasteiger partial charge on any atom is 0.341 e. The molecule has 1 aliphatic carbocycles. The van der Waals surface area contributed by atoms with E-state index in [4.69, 9.17) is 0 Å². The van der Waals surface area contributed by atoms with E-state index in [-0.39, 0.29) is 18.0 Å². The number of nitrogens with one attached hydrogen (secondary N) is 1. The van der Waals surface area contributed by atoms with Crippen LogP contribution >= 0.6 is 0 Å². The smallest absolute Gasteiger partial charge is 0.341 e. The van der Waals surface area contributed by atoms with Gasteiger partial charge in [0.25, 0.3) is 0 Å². The molecular formula is C20H20N2O2. The van der Waals surface area contributed by atoms with Crippen molar-refractivity contribution in [1.82, 2.24) is 5.32 Å². The summed E-state index contributed by atoms with van der Waals surface area (Å²) in [7, 11) is 0. The van der Waals surface area contributed by atoms with Gasteiger partial charge in [-0.15, -0.1) is 0 Å². The van der Waals surface area contributed by atoms with E-state index in [9.17, 15) is 9.90 Å². The topological polar surface area (TPSA) is 61.7 Å². The average molecular weight is 320 g/mol. The van der Waals surface area contributed by atoms with Crippen LogP contribution in [0.2, 0.25) is 0 Å². The van der Waals surface area contributed by atoms with Gasteiger partial charge in [0, 0.05) is 5.92 Å². The van der Waals surface area contributed by atoms with E-state index < -0.39 is 0 Å². The van der Waals surface area contributed by atoms with Crippen LogP contribution in [0.15, 0.2) is 41.4 Å². The number of hydrogen-bond acceptors (Lipinski definition) is 2. The summed E-state index contributed by atoms with van der Waals surface area (Å²) >= 11 is 0. The first-order valence-corrected chi connectivity index (χ1v) is 8.32. The third kappa shape index (κ3) is 2.30. The standard InChI is InChI=1S/C20H20N2O2/c1-11-9-14(10-12(2)19(11)23)17-16-8-7-13-5-3-4-6-15(13)18(16)22-20(24)21-17/h3-6,9-10,16-17,23H,7-8H2,1-2H3,(H,21,24). The molecular weight excluding hydrogens is 300 g/mol. The zero-order valence-corrected chi connectivity index (χ0v) is 13.8. The van der Waals surface area contributed by atoms with Crippen LogP contribution in [0.5, 0.6) is 5.75 Å². The van der Waals surface area contributed by atoms with Gasteiger partial charge in [-0.2, -0.15) is 4.99 Å². The van der Waals surface area contributed by atoms with Gasteiger partial charge in [-0.3, -0.25) is 0 Å². The van der Waals surface area contributed by atoms with Gasteiger partial charge in [0.05, 0.1) is 11.8 Å². The normalized spacial score (nSPS) is 22.2. The number of amides is 2. The Kier molecular flexibility index (Phi) is 3.41. The highest BCUT2D eigenvalue weighted by atomic mass is 16.3. The Labute approximate surface area is 141 Å². The first-order valence-electron chi connectivity index (χ1n) is 8.32. The quantitative estimate of drug-likeness (QED) is 0.839. The first-order chi connectivity index (χ1) is 11.5. The van der Waals surface area contributed by atoms with Crippen molar-refractivity contribution in [2.45, 2.75) is 32.7 Å². The number of aromatic hydroxyl groups is 1. The largest absolute Gasteiger partial charge is 0.507 e. The zero-order chi connectivity index (χ0) is 16.8. The zero-order valence-electron chi connectivity index (χ0n) is 13.8. The van der Waals surface area contributed by atoms with Crippen LogP contribution in [0.25, 0.3) is 0 Å². The van der Waals surface area contributed by atoms with E-state index in [1.807, 2.05) is 38.1 Å². The molecule has 2 aliphatic rings. The SMILES string of the molecule is Cc1cc(C2NC(=O)N=C3c4ccccc4CCC32)cc(C)c1O. The lowest BCUT2D eigenvalue weighted by atomic mass is 9.75. The van der Waals surface area contributed by atoms with E-state index in [0.29, 0.717) is 5.75 Å². The number of urea groups is 1. The molecule has 0 radical (unpaired) electrons. The molecule has 2 N–H and O–H groups in total. The van der Waals surface area contributed by atoms with Crippen LogP contribution in [0.4, 0.5) is 4.79 Å². The number of phenols is 1. The highest BCUT2D eigenvalue weighted by molar-refractivity contribution is 6.11. The lowest BCUT2D eigenvalue weighted by Gasteiger charge is -2.36. The molecule has 2 aromatic carbocycles. The number of benzene rings is 2. The Morgan fingerprint density at radius 1 is 1.17 bits per heavy atom. The third-order valence-corrected chi connectivity index (χ3v) is 5.15. The first kappa shape index (κ1) is 14.9. The number of phenolic OH excluding ortho intramolecular Hbond substituents is 1. The number of carbonyl (C=O) groups excluding carboxylic acids is 1. The second-order valence-corrected chi connectivity index (χ2v) is 6.73. The Hall–Kier alpha value is -2.62. The molecule has 2 atom stereocenters. The summed E-state index contributed by atoms with van der Waals surface area (Å²) in [4.78, 5) is 16.5. The fraction of sp³-hybridized carbons (Fsp3) is 0.300. The lowest BCUT2D eigenvalue weighted by molar-refractivity contribution is 0.239. The van der Waals surface area contributed by atoms with Gasteiger partial charge in [-0.1, -0.05) is 36.4 Å². The van der Waals surface area contributed by atoms with Crippen molar-refractivity contribution in [3.63, 3.8) is 0 Å². The van der Waals surface area contributed by atoms with Gasteiger partial charge in [0.2, 0.25) is 0 Å². The van der Waals surface area contributed by atoms with E-state index in [0.717, 1.165) is 40.8 Å². The predicted octanol–water partition coefficient (Wildman–Crippen LogP) is 3.83.